The average molecular weight is 364 g/mol. The van der Waals surface area contributed by atoms with Gasteiger partial charge in [-0.2, -0.15) is 0 Å². The number of carbonyl (C=O) groups is 2. The van der Waals surface area contributed by atoms with E-state index in [0.29, 0.717) is 16.8 Å². The first kappa shape index (κ1) is 17.3. The Bertz CT molecular complexity index is 974. The van der Waals surface area contributed by atoms with Crippen LogP contribution in [0.4, 0.5) is 0 Å². The van der Waals surface area contributed by atoms with Gasteiger partial charge in [-0.1, -0.05) is 35.5 Å². The molecule has 27 heavy (non-hydrogen) atoms. The maximum Gasteiger partial charge on any atom is 0.338 e. The third-order valence-corrected chi connectivity index (χ3v) is 4.80. The van der Waals surface area contributed by atoms with Gasteiger partial charge in [-0.15, -0.1) is 0 Å². The Kier molecular flexibility index (Phi) is 4.62. The zero-order valence-corrected chi connectivity index (χ0v) is 15.1. The van der Waals surface area contributed by atoms with Crippen molar-refractivity contribution in [1.82, 2.24) is 10.1 Å². The second-order valence-corrected chi connectivity index (χ2v) is 6.69. The van der Waals surface area contributed by atoms with E-state index in [1.165, 1.54) is 0 Å². The number of nitrogens with zero attached hydrogens (tertiary/aromatic N) is 2. The average Bonchev–Trinajstić information content (AvgIpc) is 3.37. The van der Waals surface area contributed by atoms with Gasteiger partial charge < -0.3 is 14.2 Å². The molecule has 0 bridgehead atoms. The van der Waals surface area contributed by atoms with E-state index >= 15 is 0 Å². The Hall–Kier alpha value is -3.15. The summed E-state index contributed by atoms with van der Waals surface area (Å²) in [6.45, 7) is 3.08. The molecule has 2 aromatic carbocycles. The van der Waals surface area contributed by atoms with Crippen molar-refractivity contribution in [3.05, 3.63) is 54.1 Å². The van der Waals surface area contributed by atoms with Crippen LogP contribution in [0.15, 0.2) is 53.1 Å². The molecule has 138 valence electrons. The predicted octanol–water partition coefficient (Wildman–Crippen LogP) is 3.66. The quantitative estimate of drug-likeness (QED) is 0.661. The van der Waals surface area contributed by atoms with Gasteiger partial charge in [0.25, 0.3) is 5.91 Å². The Labute approximate surface area is 156 Å². The van der Waals surface area contributed by atoms with Gasteiger partial charge in [-0.3, -0.25) is 4.79 Å². The SMILES string of the molecule is C[C@@H](OC(=O)c1ccc2noc(-c3ccccc3)c2c1)C(=O)N1CCCC1. The summed E-state index contributed by atoms with van der Waals surface area (Å²) in [6.07, 6.45) is 1.19. The van der Waals surface area contributed by atoms with Crippen LogP contribution in [0.1, 0.15) is 30.1 Å². The lowest BCUT2D eigenvalue weighted by molar-refractivity contribution is -0.138. The minimum atomic E-state index is -0.803. The van der Waals surface area contributed by atoms with Crippen molar-refractivity contribution in [3.63, 3.8) is 0 Å². The fourth-order valence-electron chi connectivity index (χ4n) is 3.34. The first-order valence-corrected chi connectivity index (χ1v) is 9.08. The van der Waals surface area contributed by atoms with Gasteiger partial charge in [0.2, 0.25) is 0 Å². The second-order valence-electron chi connectivity index (χ2n) is 6.69. The molecule has 1 atom stereocenters. The van der Waals surface area contributed by atoms with Crippen molar-refractivity contribution in [3.8, 4) is 11.3 Å². The smallest absolute Gasteiger partial charge is 0.338 e. The molecule has 1 aromatic heterocycles. The number of aromatic nitrogens is 1. The monoisotopic (exact) mass is 364 g/mol. The molecule has 1 aliphatic heterocycles. The van der Waals surface area contributed by atoms with Gasteiger partial charge >= 0.3 is 5.97 Å². The van der Waals surface area contributed by atoms with Crippen LogP contribution in [0.3, 0.4) is 0 Å². The van der Waals surface area contributed by atoms with Gasteiger partial charge in [0, 0.05) is 18.7 Å². The maximum absolute atomic E-state index is 12.5. The van der Waals surface area contributed by atoms with E-state index in [0.717, 1.165) is 36.9 Å². The summed E-state index contributed by atoms with van der Waals surface area (Å²) in [5.74, 6) is -0.0736. The molecule has 1 fully saturated rings. The highest BCUT2D eigenvalue weighted by Crippen LogP contribution is 2.29. The molecule has 0 saturated carbocycles. The van der Waals surface area contributed by atoms with Crippen molar-refractivity contribution >= 4 is 22.8 Å². The third kappa shape index (κ3) is 3.43. The van der Waals surface area contributed by atoms with Crippen LogP contribution in [-0.2, 0) is 9.53 Å². The van der Waals surface area contributed by atoms with Crippen LogP contribution < -0.4 is 0 Å². The van der Waals surface area contributed by atoms with Crippen molar-refractivity contribution in [1.29, 1.82) is 0 Å². The molecule has 6 heteroatoms. The number of carbonyl (C=O) groups excluding carboxylic acids is 2. The molecule has 3 aromatic rings. The third-order valence-electron chi connectivity index (χ3n) is 4.80. The summed E-state index contributed by atoms with van der Waals surface area (Å²) in [6, 6.07) is 14.6. The van der Waals surface area contributed by atoms with Gasteiger partial charge in [0.15, 0.2) is 11.9 Å². The number of likely N-dealkylation sites (tertiary alicyclic amines) is 1. The van der Waals surface area contributed by atoms with Gasteiger partial charge in [-0.05, 0) is 38.0 Å². The Balaban J connectivity index is 1.56. The molecule has 0 N–H and O–H groups in total. The van der Waals surface area contributed by atoms with Gasteiger partial charge in [-0.25, -0.2) is 4.79 Å². The van der Waals surface area contributed by atoms with Crippen LogP contribution in [0.2, 0.25) is 0 Å². The fourth-order valence-corrected chi connectivity index (χ4v) is 3.34. The van der Waals surface area contributed by atoms with E-state index in [1.807, 2.05) is 30.3 Å². The van der Waals surface area contributed by atoms with Gasteiger partial charge in [0.05, 0.1) is 10.9 Å². The van der Waals surface area contributed by atoms with Crippen LogP contribution in [-0.4, -0.2) is 41.1 Å². The summed E-state index contributed by atoms with van der Waals surface area (Å²) < 4.78 is 10.9. The number of hydrogen-bond acceptors (Lipinski definition) is 5. The first-order valence-electron chi connectivity index (χ1n) is 9.08. The highest BCUT2D eigenvalue weighted by Gasteiger charge is 2.26. The normalized spacial score (nSPS) is 15.1. The van der Waals surface area contributed by atoms with E-state index in [4.69, 9.17) is 9.26 Å². The lowest BCUT2D eigenvalue weighted by Gasteiger charge is -2.20. The molecular weight excluding hydrogens is 344 g/mol. The van der Waals surface area contributed by atoms with Crippen LogP contribution in [0.5, 0.6) is 0 Å². The van der Waals surface area contributed by atoms with E-state index in [2.05, 4.69) is 5.16 Å². The van der Waals surface area contributed by atoms with E-state index in [1.54, 1.807) is 30.0 Å². The highest BCUT2D eigenvalue weighted by atomic mass is 16.5. The Morgan fingerprint density at radius 1 is 1.11 bits per heavy atom. The topological polar surface area (TPSA) is 72.6 Å². The number of fused-ring (bicyclic) bond motifs is 1. The zero-order chi connectivity index (χ0) is 18.8. The molecule has 0 unspecified atom stereocenters. The minimum absolute atomic E-state index is 0.142. The molecule has 0 radical (unpaired) electrons. The standard InChI is InChI=1S/C21H20N2O4/c1-14(20(24)23-11-5-6-12-23)26-21(25)16-9-10-18-17(13-16)19(27-22-18)15-7-3-2-4-8-15/h2-4,7-10,13-14H,5-6,11-12H2,1H3/t14-/m1/s1. The number of esters is 1. The summed E-state index contributed by atoms with van der Waals surface area (Å²) in [5, 5.41) is 4.78. The predicted molar refractivity (Wildman–Crippen MR) is 100 cm³/mol. The minimum Gasteiger partial charge on any atom is -0.449 e. The molecule has 1 saturated heterocycles. The maximum atomic E-state index is 12.5. The molecule has 1 amide bonds. The zero-order valence-electron chi connectivity index (χ0n) is 15.1. The van der Waals surface area contributed by atoms with Crippen LogP contribution in [0, 0.1) is 0 Å². The lowest BCUT2D eigenvalue weighted by atomic mass is 10.1. The Morgan fingerprint density at radius 3 is 2.59 bits per heavy atom. The van der Waals surface area contributed by atoms with Crippen LogP contribution in [0.25, 0.3) is 22.2 Å². The van der Waals surface area contributed by atoms with Gasteiger partial charge in [0.1, 0.15) is 5.52 Å². The van der Waals surface area contributed by atoms with E-state index in [9.17, 15) is 9.59 Å². The van der Waals surface area contributed by atoms with Crippen molar-refractivity contribution in [2.75, 3.05) is 13.1 Å². The second kappa shape index (κ2) is 7.23. The number of benzene rings is 2. The molecule has 1 aliphatic rings. The largest absolute Gasteiger partial charge is 0.449 e. The Morgan fingerprint density at radius 2 is 1.85 bits per heavy atom. The number of amides is 1. The van der Waals surface area contributed by atoms with E-state index < -0.39 is 12.1 Å². The lowest BCUT2D eigenvalue weighted by Crippen LogP contribution is -2.38. The van der Waals surface area contributed by atoms with Crippen LogP contribution >= 0.6 is 0 Å². The fraction of sp³-hybridized carbons (Fsp3) is 0.286. The number of hydrogen-bond donors (Lipinski definition) is 0. The molecular formula is C21H20N2O4. The van der Waals surface area contributed by atoms with Crippen molar-refractivity contribution in [2.45, 2.75) is 25.9 Å². The summed E-state index contributed by atoms with van der Waals surface area (Å²) in [7, 11) is 0. The molecule has 6 nitrogen and oxygen atoms in total. The highest BCUT2D eigenvalue weighted by molar-refractivity contribution is 5.99. The summed E-state index contributed by atoms with van der Waals surface area (Å²) >= 11 is 0. The molecule has 0 aliphatic carbocycles. The summed E-state index contributed by atoms with van der Waals surface area (Å²) in [5.41, 5.74) is 1.90. The molecule has 2 heterocycles. The summed E-state index contributed by atoms with van der Waals surface area (Å²) in [4.78, 5) is 26.6. The number of rotatable bonds is 4. The van der Waals surface area contributed by atoms with E-state index in [-0.39, 0.29) is 5.91 Å². The van der Waals surface area contributed by atoms with Crippen molar-refractivity contribution < 1.29 is 18.8 Å². The molecule has 4 rings (SSSR count). The first-order chi connectivity index (χ1) is 13.1. The number of ether oxygens (including phenoxy) is 1. The van der Waals surface area contributed by atoms with Crippen molar-refractivity contribution in [2.24, 2.45) is 0 Å². The molecule has 0 spiro atoms.